The van der Waals surface area contributed by atoms with E-state index in [4.69, 9.17) is 4.42 Å². The van der Waals surface area contributed by atoms with Gasteiger partial charge in [-0.2, -0.15) is 0 Å². The van der Waals surface area contributed by atoms with Crippen LogP contribution < -0.4 is 0 Å². The molecule has 2 aromatic carbocycles. The Labute approximate surface area is 190 Å². The Kier molecular flexibility index (Phi) is 6.84. The number of oxazole rings is 1. The fourth-order valence-corrected chi connectivity index (χ4v) is 3.73. The van der Waals surface area contributed by atoms with E-state index < -0.39 is 11.6 Å². The number of hydrogen-bond acceptors (Lipinski definition) is 4. The molecule has 0 saturated heterocycles. The van der Waals surface area contributed by atoms with Gasteiger partial charge in [-0.1, -0.05) is 24.3 Å². The van der Waals surface area contributed by atoms with Crippen molar-refractivity contribution in [1.82, 2.24) is 19.8 Å². The molecule has 0 aliphatic rings. The molecule has 4 aromatic rings. The van der Waals surface area contributed by atoms with Crippen molar-refractivity contribution >= 4 is 16.8 Å². The summed E-state index contributed by atoms with van der Waals surface area (Å²) in [5, 5.41) is 1.14. The van der Waals surface area contributed by atoms with Gasteiger partial charge in [0.05, 0.1) is 6.54 Å². The van der Waals surface area contributed by atoms with E-state index >= 15 is 0 Å². The highest BCUT2D eigenvalue weighted by molar-refractivity contribution is 5.91. The van der Waals surface area contributed by atoms with Gasteiger partial charge >= 0.3 is 0 Å². The van der Waals surface area contributed by atoms with E-state index in [1.54, 1.807) is 11.9 Å². The summed E-state index contributed by atoms with van der Waals surface area (Å²) in [7, 11) is 1.70. The second-order valence-electron chi connectivity index (χ2n) is 8.00. The SMILES string of the molecule is CCN(C)C(=O)c1coc(CN(CCc2c[nH]c3ccccc23)Cc2ccc(F)cc2F)n1. The molecule has 33 heavy (non-hydrogen) atoms. The lowest BCUT2D eigenvalue weighted by Crippen LogP contribution is -2.27. The number of benzene rings is 2. The maximum Gasteiger partial charge on any atom is 0.275 e. The highest BCUT2D eigenvalue weighted by atomic mass is 19.1. The first kappa shape index (κ1) is 22.7. The zero-order valence-electron chi connectivity index (χ0n) is 18.6. The number of para-hydroxylation sites is 1. The van der Waals surface area contributed by atoms with Crippen LogP contribution in [0.25, 0.3) is 10.9 Å². The molecule has 2 aromatic heterocycles. The Hall–Kier alpha value is -3.52. The third-order valence-corrected chi connectivity index (χ3v) is 5.73. The van der Waals surface area contributed by atoms with Crippen LogP contribution in [0.2, 0.25) is 0 Å². The van der Waals surface area contributed by atoms with E-state index in [2.05, 4.69) is 16.0 Å². The van der Waals surface area contributed by atoms with Crippen molar-refractivity contribution in [3.8, 4) is 0 Å². The first-order valence-corrected chi connectivity index (χ1v) is 10.9. The van der Waals surface area contributed by atoms with Gasteiger partial charge in [0.25, 0.3) is 5.91 Å². The first-order valence-electron chi connectivity index (χ1n) is 10.9. The van der Waals surface area contributed by atoms with Gasteiger partial charge in [0, 0.05) is 55.4 Å². The number of nitrogens with zero attached hydrogens (tertiary/aromatic N) is 3. The van der Waals surface area contributed by atoms with Crippen LogP contribution in [0.5, 0.6) is 0 Å². The summed E-state index contributed by atoms with van der Waals surface area (Å²) in [5.41, 5.74) is 2.81. The van der Waals surface area contributed by atoms with E-state index in [0.29, 0.717) is 31.0 Å². The van der Waals surface area contributed by atoms with E-state index in [1.807, 2.05) is 36.2 Å². The van der Waals surface area contributed by atoms with Gasteiger partial charge in [0.15, 0.2) is 5.69 Å². The molecule has 0 spiro atoms. The third-order valence-electron chi connectivity index (χ3n) is 5.73. The lowest BCUT2D eigenvalue weighted by Gasteiger charge is -2.21. The molecule has 0 fully saturated rings. The zero-order chi connectivity index (χ0) is 23.4. The molecule has 0 aliphatic carbocycles. The molecule has 1 amide bonds. The average molecular weight is 453 g/mol. The minimum atomic E-state index is -0.613. The van der Waals surface area contributed by atoms with E-state index in [0.717, 1.165) is 22.5 Å². The van der Waals surface area contributed by atoms with Gasteiger partial charge in [-0.05, 0) is 31.0 Å². The lowest BCUT2D eigenvalue weighted by molar-refractivity contribution is 0.0796. The number of aromatic nitrogens is 2. The average Bonchev–Trinajstić information content (AvgIpc) is 3.45. The fraction of sp³-hybridized carbons (Fsp3) is 0.280. The number of amides is 1. The smallest absolute Gasteiger partial charge is 0.275 e. The van der Waals surface area contributed by atoms with Gasteiger partial charge < -0.3 is 14.3 Å². The van der Waals surface area contributed by atoms with Crippen LogP contribution in [0.4, 0.5) is 8.78 Å². The molecule has 172 valence electrons. The molecule has 0 aliphatic heterocycles. The number of nitrogens with one attached hydrogen (secondary N) is 1. The molecule has 4 rings (SSSR count). The number of rotatable bonds is 9. The molecule has 0 bridgehead atoms. The Morgan fingerprint density at radius 3 is 2.73 bits per heavy atom. The quantitative estimate of drug-likeness (QED) is 0.397. The molecule has 2 heterocycles. The normalized spacial score (nSPS) is 11.4. The van der Waals surface area contributed by atoms with Crippen molar-refractivity contribution in [1.29, 1.82) is 0 Å². The predicted molar refractivity (Wildman–Crippen MR) is 122 cm³/mol. The summed E-state index contributed by atoms with van der Waals surface area (Å²) in [6, 6.07) is 11.6. The summed E-state index contributed by atoms with van der Waals surface area (Å²) in [5.74, 6) is -1.07. The number of carbonyl (C=O) groups is 1. The van der Waals surface area contributed by atoms with Crippen LogP contribution in [0.3, 0.4) is 0 Å². The van der Waals surface area contributed by atoms with Crippen LogP contribution in [0.15, 0.2) is 59.3 Å². The summed E-state index contributed by atoms with van der Waals surface area (Å²) in [6.07, 6.45) is 4.03. The number of carbonyl (C=O) groups excluding carboxylic acids is 1. The number of H-pyrrole nitrogens is 1. The van der Waals surface area contributed by atoms with Crippen molar-refractivity contribution < 1.29 is 18.0 Å². The number of fused-ring (bicyclic) bond motifs is 1. The summed E-state index contributed by atoms with van der Waals surface area (Å²) in [4.78, 5) is 23.5. The molecule has 6 nitrogen and oxygen atoms in total. The third kappa shape index (κ3) is 5.28. The van der Waals surface area contributed by atoms with Gasteiger partial charge in [-0.3, -0.25) is 9.69 Å². The molecule has 1 N–H and O–H groups in total. The van der Waals surface area contributed by atoms with Crippen molar-refractivity contribution in [3.05, 3.63) is 89.3 Å². The molecule has 0 atom stereocenters. The fourth-order valence-electron chi connectivity index (χ4n) is 3.73. The van der Waals surface area contributed by atoms with Crippen LogP contribution >= 0.6 is 0 Å². The molecule has 0 unspecified atom stereocenters. The molecule has 0 saturated carbocycles. The molecule has 8 heteroatoms. The highest BCUT2D eigenvalue weighted by Crippen LogP contribution is 2.20. The zero-order valence-corrected chi connectivity index (χ0v) is 18.6. The molecular formula is C25H26F2N4O2. The van der Waals surface area contributed by atoms with Crippen LogP contribution in [-0.2, 0) is 19.5 Å². The largest absolute Gasteiger partial charge is 0.447 e. The van der Waals surface area contributed by atoms with Crippen molar-refractivity contribution in [2.45, 2.75) is 26.4 Å². The summed E-state index contributed by atoms with van der Waals surface area (Å²) >= 11 is 0. The summed E-state index contributed by atoms with van der Waals surface area (Å²) in [6.45, 7) is 3.54. The van der Waals surface area contributed by atoms with Crippen molar-refractivity contribution in [2.75, 3.05) is 20.1 Å². The van der Waals surface area contributed by atoms with E-state index in [-0.39, 0.29) is 24.7 Å². The van der Waals surface area contributed by atoms with Crippen molar-refractivity contribution in [3.63, 3.8) is 0 Å². The number of aromatic amines is 1. The predicted octanol–water partition coefficient (Wildman–Crippen LogP) is 4.77. The monoisotopic (exact) mass is 452 g/mol. The van der Waals surface area contributed by atoms with Crippen LogP contribution in [-0.4, -0.2) is 45.8 Å². The maximum atomic E-state index is 14.3. The Morgan fingerprint density at radius 1 is 1.12 bits per heavy atom. The highest BCUT2D eigenvalue weighted by Gasteiger charge is 2.19. The maximum absolute atomic E-state index is 14.3. The minimum absolute atomic E-state index is 0.220. The Bertz CT molecular complexity index is 1250. The standard InChI is InChI=1S/C25H26F2N4O2/c1-3-30(2)25(32)23-16-33-24(29-23)15-31(14-18-8-9-19(26)12-21(18)27)11-10-17-13-28-22-7-5-4-6-20(17)22/h4-9,12-13,16,28H,3,10-11,14-15H2,1-2H3. The lowest BCUT2D eigenvalue weighted by atomic mass is 10.1. The Morgan fingerprint density at radius 2 is 1.94 bits per heavy atom. The minimum Gasteiger partial charge on any atom is -0.447 e. The molecular weight excluding hydrogens is 426 g/mol. The van der Waals surface area contributed by atoms with Gasteiger partial charge in [0.1, 0.15) is 17.9 Å². The number of hydrogen-bond donors (Lipinski definition) is 1. The van der Waals surface area contributed by atoms with Crippen molar-refractivity contribution in [2.24, 2.45) is 0 Å². The molecule has 0 radical (unpaired) electrons. The first-order chi connectivity index (χ1) is 15.9. The summed E-state index contributed by atoms with van der Waals surface area (Å²) < 4.78 is 33.3. The second kappa shape index (κ2) is 9.95. The second-order valence-corrected chi connectivity index (χ2v) is 8.00. The van der Waals surface area contributed by atoms with E-state index in [1.165, 1.54) is 18.4 Å². The van der Waals surface area contributed by atoms with Crippen LogP contribution in [0.1, 0.15) is 34.4 Å². The van der Waals surface area contributed by atoms with Gasteiger partial charge in [-0.15, -0.1) is 0 Å². The van der Waals surface area contributed by atoms with Gasteiger partial charge in [0.2, 0.25) is 5.89 Å². The van der Waals surface area contributed by atoms with Gasteiger partial charge in [-0.25, -0.2) is 13.8 Å². The van der Waals surface area contributed by atoms with Crippen LogP contribution in [0, 0.1) is 11.6 Å². The topological polar surface area (TPSA) is 65.4 Å². The number of halogens is 2. The Balaban J connectivity index is 1.53. The van der Waals surface area contributed by atoms with E-state index in [9.17, 15) is 13.6 Å².